The van der Waals surface area contributed by atoms with Gasteiger partial charge < -0.3 is 15.5 Å². The summed E-state index contributed by atoms with van der Waals surface area (Å²) in [5.41, 5.74) is 1.63. The zero-order valence-corrected chi connectivity index (χ0v) is 19.3. The first-order chi connectivity index (χ1) is 15.8. The van der Waals surface area contributed by atoms with E-state index in [0.29, 0.717) is 30.9 Å². The highest BCUT2D eigenvalue weighted by Gasteiger charge is 2.20. The number of anilines is 1. The molecule has 0 fully saturated rings. The van der Waals surface area contributed by atoms with Gasteiger partial charge in [0.25, 0.3) is 5.91 Å². The van der Waals surface area contributed by atoms with Crippen LogP contribution in [0.25, 0.3) is 0 Å². The number of carbonyl (C=O) groups excluding carboxylic acids is 2. The van der Waals surface area contributed by atoms with Gasteiger partial charge in [0.05, 0.1) is 9.79 Å². The van der Waals surface area contributed by atoms with Crippen molar-refractivity contribution in [1.82, 2.24) is 15.2 Å². The number of rotatable bonds is 8. The molecule has 0 spiro atoms. The van der Waals surface area contributed by atoms with Gasteiger partial charge in [-0.05, 0) is 67.9 Å². The third-order valence-corrected chi connectivity index (χ3v) is 6.81. The van der Waals surface area contributed by atoms with Crippen LogP contribution in [0.2, 0.25) is 0 Å². The zero-order valence-electron chi connectivity index (χ0n) is 18.5. The van der Waals surface area contributed by atoms with Crippen LogP contribution in [0, 0.1) is 0 Å². The molecule has 0 saturated heterocycles. The molecule has 0 atom stereocenters. The number of urea groups is 1. The maximum atomic E-state index is 13.1. The normalized spacial score (nSPS) is 11.0. The second kappa shape index (κ2) is 10.7. The summed E-state index contributed by atoms with van der Waals surface area (Å²) in [7, 11) is -3.83. The highest BCUT2D eigenvalue weighted by atomic mass is 32.2. The van der Waals surface area contributed by atoms with Crippen molar-refractivity contribution in [1.29, 1.82) is 0 Å². The summed E-state index contributed by atoms with van der Waals surface area (Å²) in [4.78, 5) is 30.4. The fourth-order valence-electron chi connectivity index (χ4n) is 3.20. The molecule has 0 aliphatic rings. The summed E-state index contributed by atoms with van der Waals surface area (Å²) in [6.45, 7) is 5.13. The molecule has 0 aliphatic carbocycles. The quantitative estimate of drug-likeness (QED) is 0.526. The van der Waals surface area contributed by atoms with E-state index in [1.807, 2.05) is 19.9 Å². The van der Waals surface area contributed by atoms with Crippen molar-refractivity contribution in [2.75, 3.05) is 18.4 Å². The summed E-state index contributed by atoms with van der Waals surface area (Å²) in [5, 5.41) is 5.37. The summed E-state index contributed by atoms with van der Waals surface area (Å²) < 4.78 is 26.2. The molecule has 0 saturated carbocycles. The lowest BCUT2D eigenvalue weighted by atomic mass is 10.2. The summed E-state index contributed by atoms with van der Waals surface area (Å²) in [6.07, 6.45) is 3.31. The van der Waals surface area contributed by atoms with Crippen molar-refractivity contribution in [2.24, 2.45) is 0 Å². The second-order valence-electron chi connectivity index (χ2n) is 7.20. The van der Waals surface area contributed by atoms with Crippen LogP contribution in [0.4, 0.5) is 10.5 Å². The van der Waals surface area contributed by atoms with E-state index < -0.39 is 15.9 Å². The van der Waals surface area contributed by atoms with E-state index in [1.54, 1.807) is 35.5 Å². The minimum atomic E-state index is -3.83. The molecule has 2 aromatic carbocycles. The Balaban J connectivity index is 1.70. The third-order valence-electron chi connectivity index (χ3n) is 5.04. The maximum Gasteiger partial charge on any atom is 0.319 e. The number of aromatic nitrogens is 1. The topological polar surface area (TPSA) is 108 Å². The predicted molar refractivity (Wildman–Crippen MR) is 126 cm³/mol. The molecule has 8 nitrogen and oxygen atoms in total. The highest BCUT2D eigenvalue weighted by molar-refractivity contribution is 7.91. The Kier molecular flexibility index (Phi) is 7.78. The lowest BCUT2D eigenvalue weighted by molar-refractivity contribution is 0.0772. The molecule has 1 aromatic heterocycles. The minimum Gasteiger partial charge on any atom is -0.339 e. The van der Waals surface area contributed by atoms with Crippen molar-refractivity contribution in [2.45, 2.75) is 30.2 Å². The average molecular weight is 467 g/mol. The van der Waals surface area contributed by atoms with Gasteiger partial charge in [0.15, 0.2) is 0 Å². The van der Waals surface area contributed by atoms with Gasteiger partial charge in [-0.3, -0.25) is 9.78 Å². The molecule has 0 radical (unpaired) electrons. The Morgan fingerprint density at radius 3 is 2.30 bits per heavy atom. The first kappa shape index (κ1) is 23.9. The van der Waals surface area contributed by atoms with E-state index in [9.17, 15) is 18.0 Å². The molecule has 0 bridgehead atoms. The van der Waals surface area contributed by atoms with Crippen LogP contribution in [-0.4, -0.2) is 43.3 Å². The van der Waals surface area contributed by atoms with Gasteiger partial charge in [0.2, 0.25) is 9.84 Å². The molecule has 3 amide bonds. The van der Waals surface area contributed by atoms with Crippen LogP contribution in [0.15, 0.2) is 82.8 Å². The number of hydrogen-bond acceptors (Lipinski definition) is 5. The molecular weight excluding hydrogens is 440 g/mol. The molecule has 172 valence electrons. The molecule has 2 N–H and O–H groups in total. The highest BCUT2D eigenvalue weighted by Crippen LogP contribution is 2.23. The van der Waals surface area contributed by atoms with Crippen LogP contribution in [-0.2, 0) is 16.4 Å². The molecule has 1 heterocycles. The largest absolute Gasteiger partial charge is 0.339 e. The Morgan fingerprint density at radius 2 is 1.67 bits per heavy atom. The Hall–Kier alpha value is -3.72. The van der Waals surface area contributed by atoms with Crippen LogP contribution in [0.3, 0.4) is 0 Å². The number of nitrogens with one attached hydrogen (secondary N) is 2. The summed E-state index contributed by atoms with van der Waals surface area (Å²) in [6, 6.07) is 15.1. The standard InChI is InChI=1S/C24H26N4O4S/c1-3-28(4-2)23(29)19-8-5-9-22(15-19)33(31,32)21-12-10-20(11-13-21)27-24(30)26-17-18-7-6-14-25-16-18/h5-16H,3-4,17H2,1-2H3,(H2,26,27,30). The number of benzene rings is 2. The molecule has 9 heteroatoms. The van der Waals surface area contributed by atoms with Gasteiger partial charge in [-0.2, -0.15) is 0 Å². The van der Waals surface area contributed by atoms with Crippen LogP contribution in [0.5, 0.6) is 0 Å². The third kappa shape index (κ3) is 5.95. The monoisotopic (exact) mass is 466 g/mol. The second-order valence-corrected chi connectivity index (χ2v) is 9.15. The molecule has 3 aromatic rings. The van der Waals surface area contributed by atoms with Crippen LogP contribution in [0.1, 0.15) is 29.8 Å². The van der Waals surface area contributed by atoms with Gasteiger partial charge in [0.1, 0.15) is 0 Å². The smallest absolute Gasteiger partial charge is 0.319 e. The van der Waals surface area contributed by atoms with Gasteiger partial charge in [0, 0.05) is 43.3 Å². The summed E-state index contributed by atoms with van der Waals surface area (Å²) in [5.74, 6) is -0.214. The fraction of sp³-hybridized carbons (Fsp3) is 0.208. The zero-order chi connectivity index (χ0) is 23.8. The Morgan fingerprint density at radius 1 is 0.939 bits per heavy atom. The number of nitrogens with zero attached hydrogens (tertiary/aromatic N) is 2. The van der Waals surface area contributed by atoms with E-state index in [0.717, 1.165) is 5.56 Å². The number of pyridine rings is 1. The van der Waals surface area contributed by atoms with Crippen LogP contribution >= 0.6 is 0 Å². The number of sulfone groups is 1. The predicted octanol–water partition coefficient (Wildman–Crippen LogP) is 3.72. The fourth-order valence-corrected chi connectivity index (χ4v) is 4.51. The van der Waals surface area contributed by atoms with Crippen molar-refractivity contribution >= 4 is 27.5 Å². The molecule has 33 heavy (non-hydrogen) atoms. The molecule has 0 unspecified atom stereocenters. The van der Waals surface area contributed by atoms with Gasteiger partial charge in [-0.15, -0.1) is 0 Å². The molecule has 3 rings (SSSR count). The lowest BCUT2D eigenvalue weighted by Gasteiger charge is -2.19. The average Bonchev–Trinajstić information content (AvgIpc) is 2.84. The molecule has 0 aliphatic heterocycles. The molecular formula is C24H26N4O4S. The minimum absolute atomic E-state index is 0.0374. The first-order valence-corrected chi connectivity index (χ1v) is 12.0. The number of amides is 3. The van der Waals surface area contributed by atoms with E-state index in [2.05, 4.69) is 15.6 Å². The first-order valence-electron chi connectivity index (χ1n) is 10.5. The van der Waals surface area contributed by atoms with E-state index in [1.165, 1.54) is 36.4 Å². The van der Waals surface area contributed by atoms with Crippen molar-refractivity contribution in [3.63, 3.8) is 0 Å². The van der Waals surface area contributed by atoms with Gasteiger partial charge >= 0.3 is 6.03 Å². The van der Waals surface area contributed by atoms with Gasteiger partial charge in [-0.1, -0.05) is 12.1 Å². The SMILES string of the molecule is CCN(CC)C(=O)c1cccc(S(=O)(=O)c2ccc(NC(=O)NCc3cccnc3)cc2)c1. The van der Waals surface area contributed by atoms with Crippen molar-refractivity contribution < 1.29 is 18.0 Å². The maximum absolute atomic E-state index is 13.1. The van der Waals surface area contributed by atoms with Crippen molar-refractivity contribution in [3.8, 4) is 0 Å². The number of hydrogen-bond donors (Lipinski definition) is 2. The number of carbonyl (C=O) groups is 2. The van der Waals surface area contributed by atoms with Crippen molar-refractivity contribution in [3.05, 3.63) is 84.2 Å². The van der Waals surface area contributed by atoms with E-state index >= 15 is 0 Å². The Bertz CT molecular complexity index is 1210. The van der Waals surface area contributed by atoms with Gasteiger partial charge in [-0.25, -0.2) is 13.2 Å². The summed E-state index contributed by atoms with van der Waals surface area (Å²) >= 11 is 0. The van der Waals surface area contributed by atoms with E-state index in [-0.39, 0.29) is 15.7 Å². The van der Waals surface area contributed by atoms with E-state index in [4.69, 9.17) is 0 Å². The lowest BCUT2D eigenvalue weighted by Crippen LogP contribution is -2.30. The van der Waals surface area contributed by atoms with Crippen LogP contribution < -0.4 is 10.6 Å². The Labute approximate surface area is 193 Å².